The van der Waals surface area contributed by atoms with E-state index in [1.165, 1.54) is 0 Å². The fraction of sp³-hybridized carbons (Fsp3) is 0.800. The average molecular weight is 130 g/mol. The van der Waals surface area contributed by atoms with Crippen molar-refractivity contribution in [1.82, 2.24) is 5.32 Å². The van der Waals surface area contributed by atoms with Crippen molar-refractivity contribution < 1.29 is 14.6 Å². The van der Waals surface area contributed by atoms with Gasteiger partial charge in [0.2, 0.25) is 0 Å². The van der Waals surface area contributed by atoms with Gasteiger partial charge >= 0.3 is 5.97 Å². The van der Waals surface area contributed by atoms with Crippen LogP contribution < -0.4 is 5.32 Å². The minimum Gasteiger partial charge on any atom is -0.364 e. The number of hydrogen-bond acceptors (Lipinski definition) is 3. The summed E-state index contributed by atoms with van der Waals surface area (Å²) in [5, 5.41) is 12.9. The zero-order valence-corrected chi connectivity index (χ0v) is 4.92. The number of carbonyl (C=O) groups is 1. The summed E-state index contributed by atoms with van der Waals surface area (Å²) >= 11 is 0. The lowest BCUT2D eigenvalue weighted by atomic mass is 10.3. The van der Waals surface area contributed by atoms with Crippen LogP contribution in [0.2, 0.25) is 0 Å². The van der Waals surface area contributed by atoms with Gasteiger partial charge in [0.15, 0.2) is 6.10 Å². The number of morpholine rings is 1. The third-order valence-corrected chi connectivity index (χ3v) is 1.19. The monoisotopic (exact) mass is 130 g/mol. The molecule has 0 saturated carbocycles. The molecule has 1 aliphatic heterocycles. The molecule has 0 aromatic carbocycles. The van der Waals surface area contributed by atoms with Crippen LogP contribution in [-0.2, 0) is 14.6 Å². The molecule has 4 heteroatoms. The van der Waals surface area contributed by atoms with Gasteiger partial charge in [0.05, 0.1) is 6.61 Å². The van der Waals surface area contributed by atoms with Gasteiger partial charge in [0.25, 0.3) is 0 Å². The van der Waals surface area contributed by atoms with Gasteiger partial charge in [-0.3, -0.25) is 0 Å². The fourth-order valence-electron chi connectivity index (χ4n) is 0.717. The molecular weight excluding hydrogens is 122 g/mol. The number of rotatable bonds is 1. The Bertz CT molecular complexity index is 109. The maximum absolute atomic E-state index is 10.1. The lowest BCUT2D eigenvalue weighted by Crippen LogP contribution is -2.42. The quantitative estimate of drug-likeness (QED) is 0.491. The highest BCUT2D eigenvalue weighted by Crippen LogP contribution is 1.94. The Kier molecular flexibility index (Phi) is 2.02. The minimum atomic E-state index is -1.14. The maximum atomic E-state index is 10.1. The molecule has 0 aliphatic carbocycles. The first-order valence-electron chi connectivity index (χ1n) is 2.84. The van der Waals surface area contributed by atoms with E-state index in [1.807, 2.05) is 0 Å². The summed E-state index contributed by atoms with van der Waals surface area (Å²) in [5.41, 5.74) is 0. The fourth-order valence-corrected chi connectivity index (χ4v) is 0.717. The van der Waals surface area contributed by atoms with Crippen molar-refractivity contribution in [2.75, 3.05) is 19.7 Å². The van der Waals surface area contributed by atoms with Crippen molar-refractivity contribution in [1.29, 1.82) is 0 Å². The second kappa shape index (κ2) is 2.80. The Morgan fingerprint density at radius 1 is 1.67 bits per heavy atom. The zero-order valence-electron chi connectivity index (χ0n) is 4.92. The van der Waals surface area contributed by atoms with E-state index < -0.39 is 12.1 Å². The van der Waals surface area contributed by atoms with E-state index in [4.69, 9.17) is 4.74 Å². The highest BCUT2D eigenvalue weighted by molar-refractivity contribution is 5.72. The molecule has 1 N–H and O–H groups in total. The lowest BCUT2D eigenvalue weighted by Gasteiger charge is -2.18. The summed E-state index contributed by atoms with van der Waals surface area (Å²) in [4.78, 5) is 10.1. The topological polar surface area (TPSA) is 58.2 Å². The summed E-state index contributed by atoms with van der Waals surface area (Å²) in [6, 6.07) is 0. The largest absolute Gasteiger partial charge is 0.385 e. The van der Waals surface area contributed by atoms with Crippen LogP contribution in [0.25, 0.3) is 0 Å². The van der Waals surface area contributed by atoms with Gasteiger partial charge in [0, 0.05) is 13.1 Å². The summed E-state index contributed by atoms with van der Waals surface area (Å²) in [7, 11) is 0. The van der Waals surface area contributed by atoms with Gasteiger partial charge in [-0.05, 0) is 0 Å². The second-order valence-electron chi connectivity index (χ2n) is 1.88. The van der Waals surface area contributed by atoms with Crippen LogP contribution in [0.5, 0.6) is 0 Å². The standard InChI is InChI=1S/C5H8NO3/c7-5(8)4-3-6-1-2-9-4/h4,6H,1-3H2. The summed E-state index contributed by atoms with van der Waals surface area (Å²) in [6.45, 7) is 1.55. The van der Waals surface area contributed by atoms with Crippen LogP contribution in [-0.4, -0.2) is 31.8 Å². The molecule has 1 fully saturated rings. The molecule has 0 aromatic rings. The van der Waals surface area contributed by atoms with Crippen molar-refractivity contribution in [3.63, 3.8) is 0 Å². The summed E-state index contributed by atoms with van der Waals surface area (Å²) in [6.07, 6.45) is -0.751. The van der Waals surface area contributed by atoms with E-state index in [2.05, 4.69) is 5.32 Å². The summed E-state index contributed by atoms with van der Waals surface area (Å²) in [5.74, 6) is -1.14. The van der Waals surface area contributed by atoms with Crippen LogP contribution in [0.15, 0.2) is 0 Å². The first-order valence-corrected chi connectivity index (χ1v) is 2.84. The van der Waals surface area contributed by atoms with Crippen LogP contribution in [0.4, 0.5) is 0 Å². The highest BCUT2D eigenvalue weighted by atomic mass is 16.5. The Morgan fingerprint density at radius 3 is 2.78 bits per heavy atom. The van der Waals surface area contributed by atoms with Crippen LogP contribution >= 0.6 is 0 Å². The molecule has 9 heavy (non-hydrogen) atoms. The SMILES string of the molecule is [O]C(=O)C1CNCCO1. The van der Waals surface area contributed by atoms with Crippen molar-refractivity contribution in [3.05, 3.63) is 0 Å². The van der Waals surface area contributed by atoms with Gasteiger partial charge in [0.1, 0.15) is 0 Å². The van der Waals surface area contributed by atoms with E-state index in [0.29, 0.717) is 13.2 Å². The van der Waals surface area contributed by atoms with Crippen molar-refractivity contribution in [2.45, 2.75) is 6.10 Å². The first kappa shape index (κ1) is 6.51. The van der Waals surface area contributed by atoms with Crippen molar-refractivity contribution >= 4 is 5.97 Å². The predicted molar refractivity (Wildman–Crippen MR) is 28.3 cm³/mol. The van der Waals surface area contributed by atoms with Gasteiger partial charge in [-0.2, -0.15) is 0 Å². The molecule has 1 unspecified atom stereocenters. The Morgan fingerprint density at radius 2 is 2.44 bits per heavy atom. The van der Waals surface area contributed by atoms with Crippen molar-refractivity contribution in [3.8, 4) is 0 Å². The van der Waals surface area contributed by atoms with E-state index in [0.717, 1.165) is 6.54 Å². The van der Waals surface area contributed by atoms with E-state index >= 15 is 0 Å². The minimum absolute atomic E-state index is 0.363. The molecule has 1 heterocycles. The molecule has 1 rings (SSSR count). The van der Waals surface area contributed by atoms with E-state index in [9.17, 15) is 9.90 Å². The molecule has 1 radical (unpaired) electrons. The van der Waals surface area contributed by atoms with Gasteiger partial charge in [-0.15, -0.1) is 0 Å². The van der Waals surface area contributed by atoms with Crippen LogP contribution in [0.1, 0.15) is 0 Å². The lowest BCUT2D eigenvalue weighted by molar-refractivity contribution is -0.158. The third-order valence-electron chi connectivity index (χ3n) is 1.19. The van der Waals surface area contributed by atoms with Gasteiger partial charge in [-0.1, -0.05) is 0 Å². The number of ether oxygens (including phenoxy) is 1. The third kappa shape index (κ3) is 1.65. The molecular formula is C5H8NO3. The molecule has 0 amide bonds. The van der Waals surface area contributed by atoms with Crippen molar-refractivity contribution in [2.24, 2.45) is 0 Å². The number of hydrogen-bond donors (Lipinski definition) is 1. The van der Waals surface area contributed by atoms with E-state index in [1.54, 1.807) is 0 Å². The van der Waals surface area contributed by atoms with Crippen LogP contribution in [0.3, 0.4) is 0 Å². The molecule has 4 nitrogen and oxygen atoms in total. The second-order valence-corrected chi connectivity index (χ2v) is 1.88. The smallest absolute Gasteiger partial charge is 0.364 e. The first-order chi connectivity index (χ1) is 4.30. The average Bonchev–Trinajstić information content (AvgIpc) is 1.90. The normalized spacial score (nSPS) is 27.8. The number of carbonyl (C=O) groups excluding carboxylic acids is 1. The molecule has 1 atom stereocenters. The van der Waals surface area contributed by atoms with E-state index in [-0.39, 0.29) is 0 Å². The Balaban J connectivity index is 2.31. The zero-order chi connectivity index (χ0) is 6.69. The van der Waals surface area contributed by atoms with Crippen LogP contribution in [0, 0.1) is 0 Å². The predicted octanol–water partition coefficient (Wildman–Crippen LogP) is -1.07. The molecule has 1 aliphatic rings. The number of nitrogens with one attached hydrogen (secondary N) is 1. The maximum Gasteiger partial charge on any atom is 0.385 e. The Hall–Kier alpha value is -0.610. The highest BCUT2D eigenvalue weighted by Gasteiger charge is 2.21. The molecule has 51 valence electrons. The molecule has 1 saturated heterocycles. The van der Waals surface area contributed by atoms with Gasteiger partial charge in [-0.25, -0.2) is 9.90 Å². The molecule has 0 bridgehead atoms. The summed E-state index contributed by atoms with van der Waals surface area (Å²) < 4.78 is 4.81. The van der Waals surface area contributed by atoms with Gasteiger partial charge < -0.3 is 10.1 Å². The molecule has 0 aromatic heterocycles. The molecule has 0 spiro atoms. The Labute approximate surface area is 52.8 Å².